The second kappa shape index (κ2) is 8.77. The van der Waals surface area contributed by atoms with Gasteiger partial charge >= 0.3 is 5.97 Å². The van der Waals surface area contributed by atoms with Crippen LogP contribution in [0.3, 0.4) is 0 Å². The highest BCUT2D eigenvalue weighted by molar-refractivity contribution is 6.06. The molecule has 28 heavy (non-hydrogen) atoms. The number of esters is 1. The van der Waals surface area contributed by atoms with Gasteiger partial charge in [-0.15, -0.1) is 0 Å². The van der Waals surface area contributed by atoms with Crippen LogP contribution in [0.15, 0.2) is 78.9 Å². The van der Waals surface area contributed by atoms with Crippen LogP contribution in [-0.2, 0) is 0 Å². The van der Waals surface area contributed by atoms with Crippen LogP contribution in [0, 0.1) is 5.82 Å². The third-order valence-corrected chi connectivity index (χ3v) is 3.97. The third kappa shape index (κ3) is 4.92. The van der Waals surface area contributed by atoms with E-state index in [0.29, 0.717) is 11.3 Å². The van der Waals surface area contributed by atoms with Gasteiger partial charge in [-0.25, -0.2) is 9.18 Å². The molecule has 0 aliphatic heterocycles. The summed E-state index contributed by atoms with van der Waals surface area (Å²) in [4.78, 5) is 24.3. The zero-order valence-corrected chi connectivity index (χ0v) is 15.1. The molecule has 0 aromatic heterocycles. The summed E-state index contributed by atoms with van der Waals surface area (Å²) in [5.74, 6) is -0.160. The molecule has 4 nitrogen and oxygen atoms in total. The van der Waals surface area contributed by atoms with Crippen molar-refractivity contribution in [2.24, 2.45) is 0 Å². The summed E-state index contributed by atoms with van der Waals surface area (Å²) in [6.07, 6.45) is 3.19. The Hall–Kier alpha value is -3.73. The van der Waals surface area contributed by atoms with Crippen molar-refractivity contribution < 1.29 is 23.5 Å². The van der Waals surface area contributed by atoms with Crippen LogP contribution >= 0.6 is 0 Å². The molecule has 3 aromatic carbocycles. The van der Waals surface area contributed by atoms with Crippen molar-refractivity contribution in [3.05, 3.63) is 101 Å². The molecule has 0 fully saturated rings. The van der Waals surface area contributed by atoms with Gasteiger partial charge in [-0.3, -0.25) is 4.79 Å². The fourth-order valence-electron chi connectivity index (χ4n) is 2.42. The van der Waals surface area contributed by atoms with Crippen LogP contribution in [0.25, 0.3) is 6.08 Å². The first-order valence-electron chi connectivity index (χ1n) is 8.49. The van der Waals surface area contributed by atoms with Gasteiger partial charge in [0.05, 0.1) is 12.7 Å². The quantitative estimate of drug-likeness (QED) is 0.264. The second-order valence-electron chi connectivity index (χ2n) is 5.89. The van der Waals surface area contributed by atoms with Crippen molar-refractivity contribution in [3.63, 3.8) is 0 Å². The first kappa shape index (κ1) is 19.0. The normalized spacial score (nSPS) is 10.6. The number of carbonyl (C=O) groups is 2. The number of rotatable bonds is 6. The minimum atomic E-state index is -0.599. The Morgan fingerprint density at radius 2 is 1.36 bits per heavy atom. The Kier molecular flexibility index (Phi) is 5.97. The lowest BCUT2D eigenvalue weighted by atomic mass is 10.1. The van der Waals surface area contributed by atoms with Gasteiger partial charge in [-0.1, -0.05) is 18.2 Å². The van der Waals surface area contributed by atoms with E-state index in [4.69, 9.17) is 9.47 Å². The molecular formula is C23H17FO4. The molecule has 0 aliphatic carbocycles. The van der Waals surface area contributed by atoms with Crippen LogP contribution in [0.1, 0.15) is 26.3 Å². The van der Waals surface area contributed by atoms with E-state index in [2.05, 4.69) is 0 Å². The van der Waals surface area contributed by atoms with Gasteiger partial charge < -0.3 is 9.47 Å². The number of hydrogen-bond donors (Lipinski definition) is 0. The third-order valence-electron chi connectivity index (χ3n) is 3.97. The Bertz CT molecular complexity index is 988. The number of allylic oxidation sites excluding steroid dienone is 1. The van der Waals surface area contributed by atoms with Crippen LogP contribution in [0.2, 0.25) is 0 Å². The molecule has 0 N–H and O–H groups in total. The highest BCUT2D eigenvalue weighted by Gasteiger charge is 2.09. The summed E-state index contributed by atoms with van der Waals surface area (Å²) in [6, 6.07) is 18.6. The van der Waals surface area contributed by atoms with Crippen molar-refractivity contribution in [1.29, 1.82) is 0 Å². The summed E-state index contributed by atoms with van der Waals surface area (Å²) < 4.78 is 23.2. The average molecular weight is 376 g/mol. The number of hydrogen-bond acceptors (Lipinski definition) is 4. The lowest BCUT2D eigenvalue weighted by Crippen LogP contribution is -2.08. The fourth-order valence-corrected chi connectivity index (χ4v) is 2.42. The van der Waals surface area contributed by atoms with E-state index in [1.807, 2.05) is 24.3 Å². The number of ether oxygens (including phenoxy) is 2. The fraction of sp³-hybridized carbons (Fsp3) is 0.0435. The zero-order chi connectivity index (χ0) is 19.9. The molecule has 0 saturated heterocycles. The molecule has 0 saturated carbocycles. The molecule has 0 unspecified atom stereocenters. The van der Waals surface area contributed by atoms with Gasteiger partial charge in [0.2, 0.25) is 0 Å². The molecular weight excluding hydrogens is 359 g/mol. The molecule has 5 heteroatoms. The van der Waals surface area contributed by atoms with Gasteiger partial charge in [-0.05, 0) is 72.3 Å². The first-order valence-corrected chi connectivity index (χ1v) is 8.49. The zero-order valence-electron chi connectivity index (χ0n) is 15.1. The molecule has 140 valence electrons. The minimum absolute atomic E-state index is 0.174. The Balaban J connectivity index is 1.62. The summed E-state index contributed by atoms with van der Waals surface area (Å²) in [5, 5.41) is 0. The van der Waals surface area contributed by atoms with Crippen LogP contribution in [-0.4, -0.2) is 18.9 Å². The smallest absolute Gasteiger partial charge is 0.343 e. The lowest BCUT2D eigenvalue weighted by Gasteiger charge is -2.05. The van der Waals surface area contributed by atoms with Gasteiger partial charge in [0.25, 0.3) is 0 Å². The van der Waals surface area contributed by atoms with Crippen LogP contribution in [0.5, 0.6) is 11.5 Å². The first-order chi connectivity index (χ1) is 13.5. The summed E-state index contributed by atoms with van der Waals surface area (Å²) >= 11 is 0. The predicted molar refractivity (Wildman–Crippen MR) is 104 cm³/mol. The topological polar surface area (TPSA) is 52.6 Å². The van der Waals surface area contributed by atoms with E-state index in [1.54, 1.807) is 25.3 Å². The Morgan fingerprint density at radius 1 is 0.786 bits per heavy atom. The maximum atomic E-state index is 12.9. The Morgan fingerprint density at radius 3 is 1.96 bits per heavy atom. The number of ketones is 1. The van der Waals surface area contributed by atoms with Gasteiger partial charge in [0.1, 0.15) is 17.3 Å². The van der Waals surface area contributed by atoms with Gasteiger partial charge in [0.15, 0.2) is 5.78 Å². The summed E-state index contributed by atoms with van der Waals surface area (Å²) in [7, 11) is 1.59. The Labute approximate surface area is 161 Å². The van der Waals surface area contributed by atoms with E-state index in [1.165, 1.54) is 42.5 Å². The average Bonchev–Trinajstić information content (AvgIpc) is 2.73. The largest absolute Gasteiger partial charge is 0.497 e. The lowest BCUT2D eigenvalue weighted by molar-refractivity contribution is 0.0734. The van der Waals surface area contributed by atoms with Crippen molar-refractivity contribution >= 4 is 17.8 Å². The number of carbonyl (C=O) groups excluding carboxylic acids is 2. The molecule has 0 spiro atoms. The van der Waals surface area contributed by atoms with E-state index >= 15 is 0 Å². The highest BCUT2D eigenvalue weighted by atomic mass is 19.1. The molecule has 0 atom stereocenters. The maximum Gasteiger partial charge on any atom is 0.343 e. The SMILES string of the molecule is COc1ccc(C=CC(=O)c2ccc(OC(=O)c3ccc(F)cc3)cc2)cc1. The standard InChI is InChI=1S/C23H17FO4/c1-27-20-11-2-16(3-12-20)4-15-22(25)17-7-13-21(14-8-17)28-23(26)18-5-9-19(24)10-6-18/h2-15H,1H3. The molecule has 0 radical (unpaired) electrons. The number of methoxy groups -OCH3 is 1. The molecule has 0 heterocycles. The van der Waals surface area contributed by atoms with Crippen LogP contribution in [0.4, 0.5) is 4.39 Å². The van der Waals surface area contributed by atoms with Gasteiger partial charge in [-0.2, -0.15) is 0 Å². The molecule has 0 aliphatic rings. The summed E-state index contributed by atoms with van der Waals surface area (Å²) in [6.45, 7) is 0. The highest BCUT2D eigenvalue weighted by Crippen LogP contribution is 2.16. The van der Waals surface area contributed by atoms with Crippen molar-refractivity contribution in [1.82, 2.24) is 0 Å². The van der Waals surface area contributed by atoms with Crippen molar-refractivity contribution in [3.8, 4) is 11.5 Å². The molecule has 3 rings (SSSR count). The second-order valence-corrected chi connectivity index (χ2v) is 5.89. The maximum absolute atomic E-state index is 12.9. The molecule has 0 amide bonds. The van der Waals surface area contributed by atoms with E-state index in [-0.39, 0.29) is 11.3 Å². The summed E-state index contributed by atoms with van der Waals surface area (Å²) in [5.41, 5.74) is 1.58. The van der Waals surface area contributed by atoms with E-state index in [0.717, 1.165) is 11.3 Å². The van der Waals surface area contributed by atoms with E-state index < -0.39 is 11.8 Å². The predicted octanol–water partition coefficient (Wildman–Crippen LogP) is 4.95. The van der Waals surface area contributed by atoms with Crippen LogP contribution < -0.4 is 9.47 Å². The molecule has 3 aromatic rings. The number of halogens is 1. The van der Waals surface area contributed by atoms with E-state index in [9.17, 15) is 14.0 Å². The molecule has 0 bridgehead atoms. The van der Waals surface area contributed by atoms with Crippen molar-refractivity contribution in [2.75, 3.05) is 7.11 Å². The number of benzene rings is 3. The van der Waals surface area contributed by atoms with Gasteiger partial charge in [0, 0.05) is 5.56 Å². The minimum Gasteiger partial charge on any atom is -0.497 e. The van der Waals surface area contributed by atoms with Crippen molar-refractivity contribution in [2.45, 2.75) is 0 Å². The monoisotopic (exact) mass is 376 g/mol.